The van der Waals surface area contributed by atoms with Gasteiger partial charge in [-0.3, -0.25) is 10.1 Å². The average Bonchev–Trinajstić information content (AvgIpc) is 2.41. The number of aromatic hydroxyl groups is 1. The van der Waals surface area contributed by atoms with Crippen LogP contribution in [0.5, 0.6) is 5.75 Å². The Balaban J connectivity index is 2.03. The Hall–Kier alpha value is -1.59. The van der Waals surface area contributed by atoms with Crippen molar-refractivity contribution in [3.63, 3.8) is 0 Å². The smallest absolute Gasteiger partial charge is 0.321 e. The molecule has 2 aliphatic rings. The van der Waals surface area contributed by atoms with Crippen LogP contribution in [-0.2, 0) is 16.8 Å². The Kier molecular flexibility index (Phi) is 3.18. The van der Waals surface area contributed by atoms with Crippen LogP contribution in [0.4, 0.5) is 0 Å². The van der Waals surface area contributed by atoms with Gasteiger partial charge in [-0.05, 0) is 62.7 Å². The van der Waals surface area contributed by atoms with Crippen molar-refractivity contribution in [2.24, 2.45) is 0 Å². The Bertz CT molecular complexity index is 536. The number of likely N-dealkylation sites (tertiary alicyclic amines) is 1. The van der Waals surface area contributed by atoms with Gasteiger partial charge in [0.25, 0.3) is 0 Å². The standard InChI is InChI=1S/C15H20N2O3/c1-17-6-4-15(5-7-17)12-3-2-11(18)8-10(12)9-13(16-15)14(19)20/h2-3,8,13,16,18H,4-7,9H2,1H3,(H,19,20). The zero-order chi connectivity index (χ0) is 14.3. The van der Waals surface area contributed by atoms with Gasteiger partial charge in [-0.2, -0.15) is 0 Å². The lowest BCUT2D eigenvalue weighted by atomic mass is 9.74. The van der Waals surface area contributed by atoms with Crippen molar-refractivity contribution >= 4 is 5.97 Å². The molecule has 2 aliphatic heterocycles. The van der Waals surface area contributed by atoms with Gasteiger partial charge in [0.2, 0.25) is 0 Å². The Morgan fingerprint density at radius 1 is 1.40 bits per heavy atom. The van der Waals surface area contributed by atoms with E-state index in [1.165, 1.54) is 0 Å². The first-order chi connectivity index (χ1) is 9.50. The average molecular weight is 276 g/mol. The molecule has 0 aromatic heterocycles. The number of hydrogen-bond donors (Lipinski definition) is 3. The van der Waals surface area contributed by atoms with Gasteiger partial charge in [-0.1, -0.05) is 6.07 Å². The highest BCUT2D eigenvalue weighted by Crippen LogP contribution is 2.39. The number of nitrogens with one attached hydrogen (secondary N) is 1. The molecule has 0 amide bonds. The predicted molar refractivity (Wildman–Crippen MR) is 74.8 cm³/mol. The zero-order valence-electron chi connectivity index (χ0n) is 11.6. The van der Waals surface area contributed by atoms with E-state index in [9.17, 15) is 15.0 Å². The number of fused-ring (bicyclic) bond motifs is 2. The third-order valence-corrected chi connectivity index (χ3v) is 4.62. The molecule has 1 unspecified atom stereocenters. The molecule has 0 bridgehead atoms. The van der Waals surface area contributed by atoms with Crippen LogP contribution in [0.3, 0.4) is 0 Å². The molecule has 5 heteroatoms. The number of carbonyl (C=O) groups is 1. The van der Waals surface area contributed by atoms with Crippen LogP contribution in [0, 0.1) is 0 Å². The molecular formula is C15H20N2O3. The fraction of sp³-hybridized carbons (Fsp3) is 0.533. The summed E-state index contributed by atoms with van der Waals surface area (Å²) in [6.07, 6.45) is 2.22. The largest absolute Gasteiger partial charge is 0.508 e. The quantitative estimate of drug-likeness (QED) is 0.711. The molecule has 0 saturated carbocycles. The second-order valence-corrected chi connectivity index (χ2v) is 5.97. The minimum atomic E-state index is -0.822. The number of carboxylic acid groups (broad SMARTS) is 1. The second-order valence-electron chi connectivity index (χ2n) is 5.97. The molecule has 108 valence electrons. The van der Waals surface area contributed by atoms with Crippen molar-refractivity contribution in [3.8, 4) is 5.75 Å². The number of rotatable bonds is 1. The highest BCUT2D eigenvalue weighted by Gasteiger charge is 2.43. The summed E-state index contributed by atoms with van der Waals surface area (Å²) in [7, 11) is 2.09. The molecule has 1 atom stereocenters. The van der Waals surface area contributed by atoms with Gasteiger partial charge in [-0.25, -0.2) is 0 Å². The van der Waals surface area contributed by atoms with Crippen LogP contribution in [0.25, 0.3) is 0 Å². The minimum Gasteiger partial charge on any atom is -0.508 e. The number of phenols is 1. The summed E-state index contributed by atoms with van der Waals surface area (Å²) in [6.45, 7) is 1.89. The van der Waals surface area contributed by atoms with Crippen molar-refractivity contribution in [2.45, 2.75) is 30.8 Å². The monoisotopic (exact) mass is 276 g/mol. The summed E-state index contributed by atoms with van der Waals surface area (Å²) in [4.78, 5) is 13.7. The van der Waals surface area contributed by atoms with Crippen molar-refractivity contribution in [2.75, 3.05) is 20.1 Å². The zero-order valence-corrected chi connectivity index (χ0v) is 11.6. The molecule has 1 aromatic rings. The number of nitrogens with zero attached hydrogens (tertiary/aromatic N) is 1. The van der Waals surface area contributed by atoms with E-state index >= 15 is 0 Å². The highest BCUT2D eigenvalue weighted by molar-refractivity contribution is 5.75. The Morgan fingerprint density at radius 2 is 2.10 bits per heavy atom. The minimum absolute atomic E-state index is 0.206. The predicted octanol–water partition coefficient (Wildman–Crippen LogP) is 0.912. The molecule has 0 radical (unpaired) electrons. The highest BCUT2D eigenvalue weighted by atomic mass is 16.4. The van der Waals surface area contributed by atoms with Gasteiger partial charge in [0, 0.05) is 5.54 Å². The Labute approximate surface area is 118 Å². The molecule has 2 heterocycles. The third kappa shape index (κ3) is 2.17. The third-order valence-electron chi connectivity index (χ3n) is 4.62. The van der Waals surface area contributed by atoms with E-state index in [2.05, 4.69) is 17.3 Å². The maximum Gasteiger partial charge on any atom is 0.321 e. The van der Waals surface area contributed by atoms with Crippen LogP contribution in [0.15, 0.2) is 18.2 Å². The first-order valence-corrected chi connectivity index (χ1v) is 7.02. The summed E-state index contributed by atoms with van der Waals surface area (Å²) in [6, 6.07) is 4.78. The van der Waals surface area contributed by atoms with Crippen LogP contribution in [0.1, 0.15) is 24.0 Å². The van der Waals surface area contributed by atoms with E-state index in [1.807, 2.05) is 6.07 Å². The van der Waals surface area contributed by atoms with Gasteiger partial charge in [0.15, 0.2) is 0 Å². The molecule has 1 saturated heterocycles. The lowest BCUT2D eigenvalue weighted by Crippen LogP contribution is -2.59. The number of benzene rings is 1. The first kappa shape index (κ1) is 13.4. The molecule has 3 N–H and O–H groups in total. The fourth-order valence-corrected chi connectivity index (χ4v) is 3.46. The van der Waals surface area contributed by atoms with Crippen LogP contribution >= 0.6 is 0 Å². The SMILES string of the molecule is CN1CCC2(CC1)NC(C(=O)O)Cc1cc(O)ccc12. The van der Waals surface area contributed by atoms with Gasteiger partial charge < -0.3 is 15.1 Å². The number of carboxylic acids is 1. The molecule has 1 aromatic carbocycles. The fourth-order valence-electron chi connectivity index (χ4n) is 3.46. The van der Waals surface area contributed by atoms with Gasteiger partial charge in [0.05, 0.1) is 0 Å². The van der Waals surface area contributed by atoms with Gasteiger partial charge >= 0.3 is 5.97 Å². The summed E-state index contributed by atoms with van der Waals surface area (Å²) in [5, 5.41) is 22.4. The molecule has 5 nitrogen and oxygen atoms in total. The summed E-state index contributed by atoms with van der Waals surface area (Å²) in [5.41, 5.74) is 1.85. The molecule has 3 rings (SSSR count). The maximum absolute atomic E-state index is 11.4. The van der Waals surface area contributed by atoms with Crippen LogP contribution < -0.4 is 5.32 Å². The summed E-state index contributed by atoms with van der Waals surface area (Å²) in [5.74, 6) is -0.616. The number of piperidine rings is 1. The normalized spacial score (nSPS) is 25.4. The molecule has 0 aliphatic carbocycles. The van der Waals surface area contributed by atoms with Gasteiger partial charge in [0.1, 0.15) is 11.8 Å². The van der Waals surface area contributed by atoms with Crippen molar-refractivity contribution in [3.05, 3.63) is 29.3 Å². The van der Waals surface area contributed by atoms with E-state index in [-0.39, 0.29) is 11.3 Å². The van der Waals surface area contributed by atoms with E-state index < -0.39 is 12.0 Å². The van der Waals surface area contributed by atoms with Crippen molar-refractivity contribution < 1.29 is 15.0 Å². The maximum atomic E-state index is 11.4. The topological polar surface area (TPSA) is 72.8 Å². The lowest BCUT2D eigenvalue weighted by molar-refractivity contribution is -0.140. The number of hydrogen-bond acceptors (Lipinski definition) is 4. The molecule has 1 fully saturated rings. The number of phenolic OH excluding ortho intramolecular Hbond substituents is 1. The number of aliphatic carboxylic acids is 1. The van der Waals surface area contributed by atoms with E-state index in [0.717, 1.165) is 37.1 Å². The van der Waals surface area contributed by atoms with Crippen molar-refractivity contribution in [1.82, 2.24) is 10.2 Å². The molecular weight excluding hydrogens is 256 g/mol. The van der Waals surface area contributed by atoms with Gasteiger partial charge in [-0.15, -0.1) is 0 Å². The Morgan fingerprint density at radius 3 is 2.75 bits per heavy atom. The van der Waals surface area contributed by atoms with E-state index in [4.69, 9.17) is 0 Å². The lowest BCUT2D eigenvalue weighted by Gasteiger charge is -2.47. The summed E-state index contributed by atoms with van der Waals surface area (Å²) >= 11 is 0. The van der Waals surface area contributed by atoms with E-state index in [1.54, 1.807) is 12.1 Å². The molecule has 1 spiro atoms. The van der Waals surface area contributed by atoms with Crippen molar-refractivity contribution in [1.29, 1.82) is 0 Å². The second kappa shape index (κ2) is 4.75. The van der Waals surface area contributed by atoms with E-state index in [0.29, 0.717) is 6.42 Å². The van der Waals surface area contributed by atoms with Crippen LogP contribution in [0.2, 0.25) is 0 Å². The summed E-state index contributed by atoms with van der Waals surface area (Å²) < 4.78 is 0. The van der Waals surface area contributed by atoms with Crippen LogP contribution in [-0.4, -0.2) is 47.3 Å². The first-order valence-electron chi connectivity index (χ1n) is 7.02. The molecule has 20 heavy (non-hydrogen) atoms.